The fourth-order valence-electron chi connectivity index (χ4n) is 2.32. The molecule has 1 saturated heterocycles. The Balaban J connectivity index is 2.20. The van der Waals surface area contributed by atoms with Crippen molar-refractivity contribution in [1.82, 2.24) is 0 Å². The van der Waals surface area contributed by atoms with E-state index in [9.17, 15) is 4.79 Å². The number of hydrogen-bond donors (Lipinski definition) is 2. The molecule has 1 heterocycles. The van der Waals surface area contributed by atoms with E-state index >= 15 is 0 Å². The van der Waals surface area contributed by atoms with Gasteiger partial charge in [-0.05, 0) is 31.0 Å². The summed E-state index contributed by atoms with van der Waals surface area (Å²) in [5.41, 5.74) is 5.93. The molecule has 0 radical (unpaired) electrons. The standard InChI is InChI=1S/C14H19BrN2O3/c1-19-12-3-2-10(15)8-11(12)17-13(18)14(9-16)4-6-20-7-5-14/h2-3,8H,4-7,9,16H2,1H3,(H,17,18). The average molecular weight is 343 g/mol. The Labute approximate surface area is 126 Å². The number of carbonyl (C=O) groups excluding carboxylic acids is 1. The lowest BCUT2D eigenvalue weighted by atomic mass is 9.79. The summed E-state index contributed by atoms with van der Waals surface area (Å²) < 4.78 is 11.5. The van der Waals surface area contributed by atoms with Crippen molar-refractivity contribution in [3.8, 4) is 5.75 Å². The van der Waals surface area contributed by atoms with E-state index in [0.717, 1.165) is 4.47 Å². The van der Waals surface area contributed by atoms with Gasteiger partial charge in [-0.15, -0.1) is 0 Å². The molecule has 20 heavy (non-hydrogen) atoms. The second-order valence-corrected chi connectivity index (χ2v) is 5.81. The van der Waals surface area contributed by atoms with Crippen molar-refractivity contribution in [1.29, 1.82) is 0 Å². The Hall–Kier alpha value is -1.11. The number of rotatable bonds is 4. The third-order valence-corrected chi connectivity index (χ3v) is 4.23. The number of nitrogens with one attached hydrogen (secondary N) is 1. The third kappa shape index (κ3) is 3.13. The van der Waals surface area contributed by atoms with Crippen LogP contribution in [0.4, 0.5) is 5.69 Å². The number of carbonyl (C=O) groups is 1. The van der Waals surface area contributed by atoms with Crippen molar-refractivity contribution < 1.29 is 14.3 Å². The SMILES string of the molecule is COc1ccc(Br)cc1NC(=O)C1(CN)CCOCC1. The van der Waals surface area contributed by atoms with Gasteiger partial charge in [0.2, 0.25) is 5.91 Å². The zero-order chi connectivity index (χ0) is 14.6. The number of benzene rings is 1. The van der Waals surface area contributed by atoms with E-state index in [0.29, 0.717) is 44.0 Å². The molecule has 1 aromatic carbocycles. The van der Waals surface area contributed by atoms with Crippen molar-refractivity contribution in [2.45, 2.75) is 12.8 Å². The third-order valence-electron chi connectivity index (χ3n) is 3.73. The molecule has 2 rings (SSSR count). The molecule has 0 aromatic heterocycles. The van der Waals surface area contributed by atoms with Gasteiger partial charge in [-0.3, -0.25) is 4.79 Å². The van der Waals surface area contributed by atoms with Crippen LogP contribution in [0.25, 0.3) is 0 Å². The molecule has 0 bridgehead atoms. The van der Waals surface area contributed by atoms with Crippen LogP contribution in [-0.4, -0.2) is 32.8 Å². The van der Waals surface area contributed by atoms with Gasteiger partial charge in [0.05, 0.1) is 18.2 Å². The van der Waals surface area contributed by atoms with Gasteiger partial charge in [0.1, 0.15) is 5.75 Å². The second-order valence-electron chi connectivity index (χ2n) is 4.90. The van der Waals surface area contributed by atoms with Crippen molar-refractivity contribution in [2.75, 3.05) is 32.2 Å². The van der Waals surface area contributed by atoms with Crippen LogP contribution in [-0.2, 0) is 9.53 Å². The predicted molar refractivity (Wildman–Crippen MR) is 80.9 cm³/mol. The smallest absolute Gasteiger partial charge is 0.232 e. The van der Waals surface area contributed by atoms with Crippen molar-refractivity contribution >= 4 is 27.5 Å². The predicted octanol–water partition coefficient (Wildman–Crippen LogP) is 2.15. The molecule has 0 aliphatic carbocycles. The molecule has 3 N–H and O–H groups in total. The van der Waals surface area contributed by atoms with E-state index in [-0.39, 0.29) is 5.91 Å². The van der Waals surface area contributed by atoms with E-state index in [1.54, 1.807) is 13.2 Å². The number of amides is 1. The van der Waals surface area contributed by atoms with Crippen molar-refractivity contribution in [2.24, 2.45) is 11.1 Å². The van der Waals surface area contributed by atoms with E-state index in [1.807, 2.05) is 12.1 Å². The molecule has 6 heteroatoms. The van der Waals surface area contributed by atoms with Crippen LogP contribution in [0.3, 0.4) is 0 Å². The highest BCUT2D eigenvalue weighted by molar-refractivity contribution is 9.10. The highest BCUT2D eigenvalue weighted by Gasteiger charge is 2.39. The van der Waals surface area contributed by atoms with E-state index < -0.39 is 5.41 Å². The Kier molecular flexibility index (Phi) is 5.01. The first kappa shape index (κ1) is 15.3. The number of nitrogens with two attached hydrogens (primary N) is 1. The maximum absolute atomic E-state index is 12.6. The van der Waals surface area contributed by atoms with Crippen molar-refractivity contribution in [3.05, 3.63) is 22.7 Å². The molecular formula is C14H19BrN2O3. The fourth-order valence-corrected chi connectivity index (χ4v) is 2.68. The zero-order valence-corrected chi connectivity index (χ0v) is 13.0. The lowest BCUT2D eigenvalue weighted by molar-refractivity contribution is -0.130. The molecule has 0 atom stereocenters. The minimum Gasteiger partial charge on any atom is -0.495 e. The minimum absolute atomic E-state index is 0.0697. The molecule has 1 fully saturated rings. The quantitative estimate of drug-likeness (QED) is 0.879. The Morgan fingerprint density at radius 2 is 2.20 bits per heavy atom. The molecule has 110 valence electrons. The highest BCUT2D eigenvalue weighted by Crippen LogP contribution is 2.34. The lowest BCUT2D eigenvalue weighted by Crippen LogP contribution is -2.46. The first-order valence-electron chi connectivity index (χ1n) is 6.54. The summed E-state index contributed by atoms with van der Waals surface area (Å²) in [6.45, 7) is 1.46. The van der Waals surface area contributed by atoms with Crippen LogP contribution in [0.15, 0.2) is 22.7 Å². The number of ether oxygens (including phenoxy) is 2. The molecule has 5 nitrogen and oxygen atoms in total. The summed E-state index contributed by atoms with van der Waals surface area (Å²) in [5.74, 6) is 0.556. The van der Waals surface area contributed by atoms with Crippen molar-refractivity contribution in [3.63, 3.8) is 0 Å². The molecule has 0 spiro atoms. The van der Waals surface area contributed by atoms with Gasteiger partial charge >= 0.3 is 0 Å². The van der Waals surface area contributed by atoms with Gasteiger partial charge in [0.15, 0.2) is 0 Å². The maximum Gasteiger partial charge on any atom is 0.232 e. The lowest BCUT2D eigenvalue weighted by Gasteiger charge is -2.34. The first-order valence-corrected chi connectivity index (χ1v) is 7.33. The maximum atomic E-state index is 12.6. The number of anilines is 1. The summed E-state index contributed by atoms with van der Waals surface area (Å²) in [5, 5.41) is 2.93. The molecule has 1 aliphatic heterocycles. The zero-order valence-electron chi connectivity index (χ0n) is 11.4. The Morgan fingerprint density at radius 3 is 2.80 bits per heavy atom. The summed E-state index contributed by atoms with van der Waals surface area (Å²) in [6, 6.07) is 5.49. The van der Waals surface area contributed by atoms with E-state index in [2.05, 4.69) is 21.2 Å². The summed E-state index contributed by atoms with van der Waals surface area (Å²) in [6.07, 6.45) is 1.29. The van der Waals surface area contributed by atoms with Crippen LogP contribution < -0.4 is 15.8 Å². The molecule has 0 unspecified atom stereocenters. The highest BCUT2D eigenvalue weighted by atomic mass is 79.9. The van der Waals surface area contributed by atoms with Crippen LogP contribution in [0.2, 0.25) is 0 Å². The Morgan fingerprint density at radius 1 is 1.50 bits per heavy atom. The largest absolute Gasteiger partial charge is 0.495 e. The molecule has 0 saturated carbocycles. The minimum atomic E-state index is -0.550. The molecular weight excluding hydrogens is 324 g/mol. The number of hydrogen-bond acceptors (Lipinski definition) is 4. The van der Waals surface area contributed by atoms with Gasteiger partial charge < -0.3 is 20.5 Å². The summed E-state index contributed by atoms with van der Waals surface area (Å²) in [7, 11) is 1.58. The van der Waals surface area contributed by atoms with Gasteiger partial charge in [-0.2, -0.15) is 0 Å². The second kappa shape index (κ2) is 6.56. The van der Waals surface area contributed by atoms with Gasteiger partial charge in [-0.1, -0.05) is 15.9 Å². The normalized spacial score (nSPS) is 17.6. The van der Waals surface area contributed by atoms with Crippen LogP contribution in [0.1, 0.15) is 12.8 Å². The molecule has 1 aromatic rings. The van der Waals surface area contributed by atoms with E-state index in [1.165, 1.54) is 0 Å². The number of halogens is 1. The molecule has 1 aliphatic rings. The van der Waals surface area contributed by atoms with Crippen LogP contribution in [0.5, 0.6) is 5.75 Å². The first-order chi connectivity index (χ1) is 9.61. The van der Waals surface area contributed by atoms with Crippen LogP contribution in [0, 0.1) is 5.41 Å². The van der Waals surface area contributed by atoms with Gasteiger partial charge in [0.25, 0.3) is 0 Å². The van der Waals surface area contributed by atoms with Crippen LogP contribution >= 0.6 is 15.9 Å². The average Bonchev–Trinajstić information content (AvgIpc) is 2.48. The Bertz CT molecular complexity index is 487. The topological polar surface area (TPSA) is 73.6 Å². The molecule has 1 amide bonds. The fraction of sp³-hybridized carbons (Fsp3) is 0.500. The summed E-state index contributed by atoms with van der Waals surface area (Å²) >= 11 is 3.39. The monoisotopic (exact) mass is 342 g/mol. The van der Waals surface area contributed by atoms with Gasteiger partial charge in [0, 0.05) is 24.2 Å². The summed E-state index contributed by atoms with van der Waals surface area (Å²) in [4.78, 5) is 12.6. The van der Waals surface area contributed by atoms with E-state index in [4.69, 9.17) is 15.2 Å². The number of methoxy groups -OCH3 is 1. The van der Waals surface area contributed by atoms with Gasteiger partial charge in [-0.25, -0.2) is 0 Å².